The van der Waals surface area contributed by atoms with Crippen molar-refractivity contribution in [2.45, 2.75) is 19.4 Å². The average Bonchev–Trinajstić information content (AvgIpc) is 2.98. The molecule has 0 bridgehead atoms. The molecule has 1 aromatic heterocycles. The van der Waals surface area contributed by atoms with E-state index in [1.165, 1.54) is 5.69 Å². The Balaban J connectivity index is 1.69. The predicted octanol–water partition coefficient (Wildman–Crippen LogP) is 3.72. The molecule has 0 amide bonds. The quantitative estimate of drug-likeness (QED) is 0.910. The van der Waals surface area contributed by atoms with Gasteiger partial charge in [0.2, 0.25) is 0 Å². The van der Waals surface area contributed by atoms with E-state index in [1.807, 2.05) is 25.1 Å². The zero-order chi connectivity index (χ0) is 15.5. The third-order valence-electron chi connectivity index (χ3n) is 3.94. The van der Waals surface area contributed by atoms with E-state index in [0.717, 1.165) is 35.4 Å². The lowest BCUT2D eigenvalue weighted by Crippen LogP contribution is -2.26. The Labute approximate surface area is 138 Å². The van der Waals surface area contributed by atoms with Crippen LogP contribution in [0.5, 0.6) is 0 Å². The first-order valence-electron chi connectivity index (χ1n) is 7.31. The fourth-order valence-corrected chi connectivity index (χ4v) is 3.27. The van der Waals surface area contributed by atoms with Gasteiger partial charge in [-0.2, -0.15) is 5.26 Å². The van der Waals surface area contributed by atoms with Crippen LogP contribution in [0.3, 0.4) is 0 Å². The van der Waals surface area contributed by atoms with E-state index < -0.39 is 0 Å². The van der Waals surface area contributed by atoms with Crippen LogP contribution >= 0.6 is 15.9 Å². The smallest absolute Gasteiger partial charge is 0.145 e. The number of anilines is 2. The van der Waals surface area contributed by atoms with Crippen LogP contribution in [0, 0.1) is 18.3 Å². The van der Waals surface area contributed by atoms with Crippen molar-refractivity contribution in [2.75, 3.05) is 23.3 Å². The maximum Gasteiger partial charge on any atom is 0.145 e. The summed E-state index contributed by atoms with van der Waals surface area (Å²) in [5, 5.41) is 12.5. The zero-order valence-electron chi connectivity index (χ0n) is 12.4. The summed E-state index contributed by atoms with van der Waals surface area (Å²) in [6, 6.07) is 14.6. The van der Waals surface area contributed by atoms with Gasteiger partial charge >= 0.3 is 0 Å². The first-order valence-corrected chi connectivity index (χ1v) is 8.10. The van der Waals surface area contributed by atoms with Gasteiger partial charge in [0.1, 0.15) is 17.6 Å². The molecule has 1 N–H and O–H groups in total. The van der Waals surface area contributed by atoms with Gasteiger partial charge in [-0.1, -0.05) is 18.2 Å². The van der Waals surface area contributed by atoms with E-state index >= 15 is 0 Å². The first-order chi connectivity index (χ1) is 10.7. The highest BCUT2D eigenvalue weighted by atomic mass is 79.9. The lowest BCUT2D eigenvalue weighted by Gasteiger charge is -2.20. The van der Waals surface area contributed by atoms with Crippen molar-refractivity contribution in [3.63, 3.8) is 0 Å². The fourth-order valence-electron chi connectivity index (χ4n) is 2.74. The third kappa shape index (κ3) is 3.07. The number of rotatable bonds is 3. The van der Waals surface area contributed by atoms with Gasteiger partial charge < -0.3 is 10.2 Å². The Bertz CT molecular complexity index is 723. The maximum atomic E-state index is 9.07. The highest BCUT2D eigenvalue weighted by Gasteiger charge is 2.24. The number of pyridine rings is 1. The average molecular weight is 357 g/mol. The van der Waals surface area contributed by atoms with Gasteiger partial charge in [-0.15, -0.1) is 0 Å². The van der Waals surface area contributed by atoms with Crippen LogP contribution in [-0.2, 0) is 0 Å². The van der Waals surface area contributed by atoms with Crippen molar-refractivity contribution in [1.82, 2.24) is 4.98 Å². The van der Waals surface area contributed by atoms with Gasteiger partial charge in [-0.3, -0.25) is 0 Å². The van der Waals surface area contributed by atoms with Crippen molar-refractivity contribution in [3.05, 3.63) is 52.1 Å². The largest absolute Gasteiger partial charge is 0.368 e. The molecule has 4 nitrogen and oxygen atoms in total. The standard InChI is InChI=1S/C17H17BrN4/c1-12-6-7-17(21-15(12)10-19)20-13-8-9-22(11-13)16-5-3-2-4-14(16)18/h2-7,13H,8-9,11H2,1H3,(H,20,21). The number of aromatic nitrogens is 1. The van der Waals surface area contributed by atoms with Gasteiger partial charge in [-0.25, -0.2) is 4.98 Å². The monoisotopic (exact) mass is 356 g/mol. The molecular weight excluding hydrogens is 340 g/mol. The second-order valence-electron chi connectivity index (χ2n) is 5.50. The van der Waals surface area contributed by atoms with Crippen LogP contribution < -0.4 is 10.2 Å². The summed E-state index contributed by atoms with van der Waals surface area (Å²) < 4.78 is 1.12. The molecule has 1 atom stereocenters. The molecule has 1 aliphatic rings. The number of aryl methyl sites for hydroxylation is 1. The Kier molecular flexibility index (Phi) is 4.30. The molecule has 1 saturated heterocycles. The molecule has 2 heterocycles. The fraction of sp³-hybridized carbons (Fsp3) is 0.294. The number of nitrogens with one attached hydrogen (secondary N) is 1. The number of halogens is 1. The van der Waals surface area contributed by atoms with E-state index in [2.05, 4.69) is 55.4 Å². The molecule has 0 aliphatic carbocycles. The number of nitrogens with zero attached hydrogens (tertiary/aromatic N) is 3. The molecule has 0 radical (unpaired) electrons. The van der Waals surface area contributed by atoms with Gasteiger partial charge in [0.15, 0.2) is 0 Å². The summed E-state index contributed by atoms with van der Waals surface area (Å²) in [7, 11) is 0. The minimum absolute atomic E-state index is 0.342. The normalized spacial score (nSPS) is 17.3. The van der Waals surface area contributed by atoms with Crippen molar-refractivity contribution >= 4 is 27.4 Å². The zero-order valence-corrected chi connectivity index (χ0v) is 14.0. The second-order valence-corrected chi connectivity index (χ2v) is 6.36. The number of para-hydroxylation sites is 1. The summed E-state index contributed by atoms with van der Waals surface area (Å²) in [4.78, 5) is 6.73. The maximum absolute atomic E-state index is 9.07. The van der Waals surface area contributed by atoms with Crippen LogP contribution in [0.1, 0.15) is 17.7 Å². The summed E-state index contributed by atoms with van der Waals surface area (Å²) in [5.74, 6) is 0.779. The predicted molar refractivity (Wildman–Crippen MR) is 92.1 cm³/mol. The van der Waals surface area contributed by atoms with E-state index in [-0.39, 0.29) is 0 Å². The van der Waals surface area contributed by atoms with Crippen LogP contribution in [0.2, 0.25) is 0 Å². The Morgan fingerprint density at radius 2 is 2.14 bits per heavy atom. The van der Waals surface area contributed by atoms with Gasteiger partial charge in [-0.05, 0) is 53.0 Å². The van der Waals surface area contributed by atoms with E-state index in [1.54, 1.807) is 0 Å². The van der Waals surface area contributed by atoms with Crippen molar-refractivity contribution in [3.8, 4) is 6.07 Å². The minimum atomic E-state index is 0.342. The van der Waals surface area contributed by atoms with E-state index in [9.17, 15) is 0 Å². The highest BCUT2D eigenvalue weighted by Crippen LogP contribution is 2.29. The molecule has 3 rings (SSSR count). The lowest BCUT2D eigenvalue weighted by atomic mass is 10.2. The van der Waals surface area contributed by atoms with E-state index in [4.69, 9.17) is 5.26 Å². The summed E-state index contributed by atoms with van der Waals surface area (Å²) >= 11 is 3.61. The Hall–Kier alpha value is -2.06. The minimum Gasteiger partial charge on any atom is -0.368 e. The van der Waals surface area contributed by atoms with Gasteiger partial charge in [0.25, 0.3) is 0 Å². The van der Waals surface area contributed by atoms with Crippen molar-refractivity contribution < 1.29 is 0 Å². The Morgan fingerprint density at radius 3 is 2.91 bits per heavy atom. The number of nitriles is 1. The van der Waals surface area contributed by atoms with E-state index in [0.29, 0.717) is 11.7 Å². The third-order valence-corrected chi connectivity index (χ3v) is 4.61. The lowest BCUT2D eigenvalue weighted by molar-refractivity contribution is 0.800. The molecule has 2 aromatic rings. The topological polar surface area (TPSA) is 52.0 Å². The molecule has 1 fully saturated rings. The number of hydrogen-bond acceptors (Lipinski definition) is 4. The van der Waals surface area contributed by atoms with Crippen LogP contribution in [0.4, 0.5) is 11.5 Å². The van der Waals surface area contributed by atoms with Gasteiger partial charge in [0.05, 0.1) is 5.69 Å². The molecular formula is C17H17BrN4. The SMILES string of the molecule is Cc1ccc(NC2CCN(c3ccccc3Br)C2)nc1C#N. The summed E-state index contributed by atoms with van der Waals surface area (Å²) in [5.41, 5.74) is 2.63. The highest BCUT2D eigenvalue weighted by molar-refractivity contribution is 9.10. The molecule has 1 aliphatic heterocycles. The van der Waals surface area contributed by atoms with Gasteiger partial charge in [0, 0.05) is 23.6 Å². The number of hydrogen-bond donors (Lipinski definition) is 1. The number of benzene rings is 1. The van der Waals surface area contributed by atoms with Crippen LogP contribution in [0.25, 0.3) is 0 Å². The second kappa shape index (κ2) is 6.37. The molecule has 0 saturated carbocycles. The molecule has 112 valence electrons. The Morgan fingerprint density at radius 1 is 1.32 bits per heavy atom. The van der Waals surface area contributed by atoms with Crippen LogP contribution in [-0.4, -0.2) is 24.1 Å². The molecule has 1 unspecified atom stereocenters. The summed E-state index contributed by atoms with van der Waals surface area (Å²) in [6.07, 6.45) is 1.05. The first kappa shape index (κ1) is 14.9. The van der Waals surface area contributed by atoms with Crippen LogP contribution in [0.15, 0.2) is 40.9 Å². The van der Waals surface area contributed by atoms with Crippen molar-refractivity contribution in [2.24, 2.45) is 0 Å². The molecule has 1 aromatic carbocycles. The molecule has 22 heavy (non-hydrogen) atoms. The molecule has 0 spiro atoms. The molecule has 5 heteroatoms. The summed E-state index contributed by atoms with van der Waals surface area (Å²) in [6.45, 7) is 3.84. The van der Waals surface area contributed by atoms with Crippen molar-refractivity contribution in [1.29, 1.82) is 5.26 Å².